The summed E-state index contributed by atoms with van der Waals surface area (Å²) < 4.78 is 1.83. The first-order chi connectivity index (χ1) is 7.75. The number of hydrogen-bond donors (Lipinski definition) is 2. The van der Waals surface area contributed by atoms with Gasteiger partial charge in [-0.05, 0) is 11.5 Å². The second-order valence-corrected chi connectivity index (χ2v) is 5.38. The smallest absolute Gasteiger partial charge is 0.321 e. The molecule has 1 heterocycles. The molecule has 0 saturated heterocycles. The van der Waals surface area contributed by atoms with Crippen molar-refractivity contribution in [3.8, 4) is 0 Å². The number of nitrogens with zero attached hydrogens (tertiary/aromatic N) is 2. The zero-order valence-corrected chi connectivity index (χ0v) is 10.8. The van der Waals surface area contributed by atoms with Crippen molar-refractivity contribution in [3.05, 3.63) is 18.0 Å². The van der Waals surface area contributed by atoms with Gasteiger partial charge in [0.05, 0.1) is 6.20 Å². The Labute approximate surface area is 102 Å². The van der Waals surface area contributed by atoms with Crippen LogP contribution >= 0.6 is 0 Å². The summed E-state index contributed by atoms with van der Waals surface area (Å²) in [5.41, 5.74) is 5.93. The van der Waals surface area contributed by atoms with E-state index in [1.54, 1.807) is 6.20 Å². The fraction of sp³-hybridized carbons (Fsp3) is 0.667. The van der Waals surface area contributed by atoms with Crippen molar-refractivity contribution in [2.24, 2.45) is 11.7 Å². The Morgan fingerprint density at radius 2 is 2.18 bits per heavy atom. The van der Waals surface area contributed by atoms with Crippen molar-refractivity contribution in [2.75, 3.05) is 0 Å². The second kappa shape index (κ2) is 4.87. The Kier molecular flexibility index (Phi) is 3.93. The molecular weight excluding hydrogens is 218 g/mol. The fourth-order valence-corrected chi connectivity index (χ4v) is 1.66. The van der Waals surface area contributed by atoms with Gasteiger partial charge in [0.15, 0.2) is 0 Å². The molecule has 1 rings (SSSR count). The van der Waals surface area contributed by atoms with Gasteiger partial charge in [-0.15, -0.1) is 0 Å². The van der Waals surface area contributed by atoms with Gasteiger partial charge < -0.3 is 10.8 Å². The molecule has 5 heteroatoms. The maximum atomic E-state index is 11.0. The lowest BCUT2D eigenvalue weighted by Crippen LogP contribution is -2.46. The summed E-state index contributed by atoms with van der Waals surface area (Å²) in [5, 5.41) is 13.2. The van der Waals surface area contributed by atoms with Crippen molar-refractivity contribution in [2.45, 2.75) is 45.7 Å². The van der Waals surface area contributed by atoms with E-state index >= 15 is 0 Å². The van der Waals surface area contributed by atoms with Crippen LogP contribution in [0.4, 0.5) is 0 Å². The molecule has 0 fully saturated rings. The highest BCUT2D eigenvalue weighted by Crippen LogP contribution is 2.26. The minimum atomic E-state index is -0.994. The van der Waals surface area contributed by atoms with Crippen LogP contribution in [0.15, 0.2) is 12.4 Å². The zero-order chi connectivity index (χ0) is 13.2. The number of hydrogen-bond acceptors (Lipinski definition) is 3. The van der Waals surface area contributed by atoms with Gasteiger partial charge in [0, 0.05) is 18.2 Å². The van der Waals surface area contributed by atoms with Crippen molar-refractivity contribution in [3.63, 3.8) is 0 Å². The van der Waals surface area contributed by atoms with Crippen molar-refractivity contribution >= 4 is 5.97 Å². The van der Waals surface area contributed by atoms with E-state index in [2.05, 4.69) is 18.9 Å². The molecule has 0 radical (unpaired) electrons. The summed E-state index contributed by atoms with van der Waals surface area (Å²) >= 11 is 0. The first-order valence-electron chi connectivity index (χ1n) is 5.76. The highest BCUT2D eigenvalue weighted by Gasteiger charge is 2.34. The maximum Gasteiger partial charge on any atom is 0.321 e. The molecule has 96 valence electrons. The molecule has 0 aliphatic rings. The molecule has 1 aromatic heterocycles. The van der Waals surface area contributed by atoms with E-state index in [0.717, 1.165) is 12.1 Å². The van der Waals surface area contributed by atoms with Gasteiger partial charge in [0.2, 0.25) is 0 Å². The molecule has 0 bridgehead atoms. The average Bonchev–Trinajstić information content (AvgIpc) is 2.64. The van der Waals surface area contributed by atoms with E-state index in [1.807, 2.05) is 24.7 Å². The van der Waals surface area contributed by atoms with Gasteiger partial charge >= 0.3 is 5.97 Å². The van der Waals surface area contributed by atoms with Gasteiger partial charge in [0.25, 0.3) is 0 Å². The van der Waals surface area contributed by atoms with E-state index in [4.69, 9.17) is 10.8 Å². The minimum Gasteiger partial charge on any atom is -0.480 e. The predicted octanol–water partition coefficient (Wildman–Crippen LogP) is 1.23. The van der Waals surface area contributed by atoms with Crippen molar-refractivity contribution < 1.29 is 9.90 Å². The van der Waals surface area contributed by atoms with E-state index in [1.165, 1.54) is 0 Å². The number of nitrogens with two attached hydrogens (primary N) is 1. The standard InChI is InChI=1S/C12H21N3O2/c1-8(2)6-15-7-9(5-14-15)12(3,4)10(13)11(16)17/h5,7-8,10H,6,13H2,1-4H3,(H,16,17). The van der Waals surface area contributed by atoms with Gasteiger partial charge in [-0.3, -0.25) is 9.48 Å². The lowest BCUT2D eigenvalue weighted by Gasteiger charge is -2.27. The molecule has 0 spiro atoms. The molecule has 0 aliphatic carbocycles. The summed E-state index contributed by atoms with van der Waals surface area (Å²) in [4.78, 5) is 11.0. The molecule has 0 aliphatic heterocycles. The van der Waals surface area contributed by atoms with Crippen molar-refractivity contribution in [1.29, 1.82) is 0 Å². The van der Waals surface area contributed by atoms with Crippen LogP contribution in [0.3, 0.4) is 0 Å². The zero-order valence-electron chi connectivity index (χ0n) is 10.8. The highest BCUT2D eigenvalue weighted by molar-refractivity contribution is 5.75. The Hall–Kier alpha value is -1.36. The highest BCUT2D eigenvalue weighted by atomic mass is 16.4. The van der Waals surface area contributed by atoms with Gasteiger partial charge in [-0.2, -0.15) is 5.10 Å². The van der Waals surface area contributed by atoms with Gasteiger partial charge in [-0.1, -0.05) is 27.7 Å². The third-order valence-corrected chi connectivity index (χ3v) is 2.97. The van der Waals surface area contributed by atoms with Crippen LogP contribution in [0.25, 0.3) is 0 Å². The lowest BCUT2D eigenvalue weighted by molar-refractivity contribution is -0.140. The molecule has 3 N–H and O–H groups in total. The fourth-order valence-electron chi connectivity index (χ4n) is 1.66. The molecule has 1 aromatic rings. The normalized spacial score (nSPS) is 14.0. The summed E-state index contributed by atoms with van der Waals surface area (Å²) in [6, 6.07) is -0.931. The summed E-state index contributed by atoms with van der Waals surface area (Å²) in [7, 11) is 0. The summed E-state index contributed by atoms with van der Waals surface area (Å²) in [5.74, 6) is -0.495. The molecule has 1 atom stereocenters. The van der Waals surface area contributed by atoms with E-state index in [-0.39, 0.29) is 0 Å². The molecule has 0 aromatic carbocycles. The Balaban J connectivity index is 2.92. The Morgan fingerprint density at radius 3 is 2.65 bits per heavy atom. The maximum absolute atomic E-state index is 11.0. The first kappa shape index (κ1) is 13.7. The predicted molar refractivity (Wildman–Crippen MR) is 65.7 cm³/mol. The Bertz CT molecular complexity index is 396. The summed E-state index contributed by atoms with van der Waals surface area (Å²) in [6.07, 6.45) is 3.58. The minimum absolute atomic E-state index is 0.499. The van der Waals surface area contributed by atoms with Gasteiger partial charge in [-0.25, -0.2) is 0 Å². The Morgan fingerprint density at radius 1 is 1.59 bits per heavy atom. The van der Waals surface area contributed by atoms with Gasteiger partial charge in [0.1, 0.15) is 6.04 Å². The molecule has 1 unspecified atom stereocenters. The SMILES string of the molecule is CC(C)Cn1cc(C(C)(C)C(N)C(=O)O)cn1. The van der Waals surface area contributed by atoms with Crippen LogP contribution in [0.1, 0.15) is 33.3 Å². The molecule has 0 amide bonds. The van der Waals surface area contributed by atoms with Crippen molar-refractivity contribution in [1.82, 2.24) is 9.78 Å². The first-order valence-corrected chi connectivity index (χ1v) is 5.76. The van der Waals surface area contributed by atoms with Crippen LogP contribution in [0.5, 0.6) is 0 Å². The van der Waals surface area contributed by atoms with Crippen LogP contribution in [-0.2, 0) is 16.8 Å². The van der Waals surface area contributed by atoms with Crippen LogP contribution in [0.2, 0.25) is 0 Å². The number of carbonyl (C=O) groups is 1. The number of aliphatic carboxylic acids is 1. The molecular formula is C12H21N3O2. The lowest BCUT2D eigenvalue weighted by atomic mass is 9.80. The number of carboxylic acids is 1. The molecule has 0 saturated carbocycles. The number of aromatic nitrogens is 2. The van der Waals surface area contributed by atoms with E-state index in [0.29, 0.717) is 5.92 Å². The quantitative estimate of drug-likeness (QED) is 0.809. The largest absolute Gasteiger partial charge is 0.480 e. The van der Waals surface area contributed by atoms with Crippen LogP contribution in [-0.4, -0.2) is 26.9 Å². The molecule has 5 nitrogen and oxygen atoms in total. The van der Waals surface area contributed by atoms with E-state index < -0.39 is 17.4 Å². The number of carboxylic acid groups (broad SMARTS) is 1. The third-order valence-electron chi connectivity index (χ3n) is 2.97. The summed E-state index contributed by atoms with van der Waals surface area (Å²) in [6.45, 7) is 8.67. The van der Waals surface area contributed by atoms with Crippen LogP contribution < -0.4 is 5.73 Å². The second-order valence-electron chi connectivity index (χ2n) is 5.38. The monoisotopic (exact) mass is 239 g/mol. The van der Waals surface area contributed by atoms with Crippen LogP contribution in [0, 0.1) is 5.92 Å². The molecule has 17 heavy (non-hydrogen) atoms. The van der Waals surface area contributed by atoms with E-state index in [9.17, 15) is 4.79 Å². The number of rotatable bonds is 5. The third kappa shape index (κ3) is 3.06. The topological polar surface area (TPSA) is 81.1 Å². The average molecular weight is 239 g/mol.